The van der Waals surface area contributed by atoms with Crippen LogP contribution in [0.2, 0.25) is 0 Å². The standard InChI is InChI=1S/C18H19FN2OS/c1-2-12-5-8-16-14(9-12)10-17(23-16)18(22)21-20-11-13-3-6-15(19)7-4-13/h3-4,6-7,10-12H,2,5,8-9H2,1H3,(H,21,22)/b20-11-/t12-/m0/s1. The Hall–Kier alpha value is -2.01. The molecule has 0 radical (unpaired) electrons. The first-order valence-electron chi connectivity index (χ1n) is 7.86. The number of aryl methyl sites for hydroxylation is 1. The lowest BCUT2D eigenvalue weighted by atomic mass is 9.87. The fraction of sp³-hybridized carbons (Fsp3) is 0.333. The molecule has 1 N–H and O–H groups in total. The first-order valence-corrected chi connectivity index (χ1v) is 8.68. The number of halogens is 1. The van der Waals surface area contributed by atoms with Crippen LogP contribution in [0, 0.1) is 11.7 Å². The first-order chi connectivity index (χ1) is 11.2. The molecule has 0 fully saturated rings. The van der Waals surface area contributed by atoms with Crippen LogP contribution in [0.3, 0.4) is 0 Å². The average molecular weight is 330 g/mol. The zero-order valence-electron chi connectivity index (χ0n) is 13.0. The number of nitrogens with zero attached hydrogens (tertiary/aromatic N) is 1. The summed E-state index contributed by atoms with van der Waals surface area (Å²) in [5, 5.41) is 3.94. The maximum atomic E-state index is 12.8. The van der Waals surface area contributed by atoms with Crippen molar-refractivity contribution in [3.63, 3.8) is 0 Å². The SMILES string of the molecule is CC[C@H]1CCc2sc(C(=O)N/N=C\c3ccc(F)cc3)cc2C1. The van der Waals surface area contributed by atoms with Crippen molar-refractivity contribution in [1.82, 2.24) is 5.43 Å². The molecule has 0 aliphatic heterocycles. The molecule has 0 unspecified atom stereocenters. The minimum atomic E-state index is -0.291. The molecule has 0 bridgehead atoms. The monoisotopic (exact) mass is 330 g/mol. The summed E-state index contributed by atoms with van der Waals surface area (Å²) in [4.78, 5) is 14.2. The number of nitrogens with one attached hydrogen (secondary N) is 1. The zero-order chi connectivity index (χ0) is 16.2. The Balaban J connectivity index is 1.63. The molecule has 2 aromatic rings. The summed E-state index contributed by atoms with van der Waals surface area (Å²) in [6, 6.07) is 7.95. The van der Waals surface area contributed by atoms with Crippen LogP contribution in [0.1, 0.15) is 45.4 Å². The predicted octanol–water partition coefficient (Wildman–Crippen LogP) is 4.17. The quantitative estimate of drug-likeness (QED) is 0.663. The Morgan fingerprint density at radius 2 is 2.22 bits per heavy atom. The largest absolute Gasteiger partial charge is 0.281 e. The first kappa shape index (κ1) is 15.9. The highest BCUT2D eigenvalue weighted by Gasteiger charge is 2.21. The molecule has 0 saturated carbocycles. The molecule has 0 spiro atoms. The molecular weight excluding hydrogens is 311 g/mol. The summed E-state index contributed by atoms with van der Waals surface area (Å²) < 4.78 is 12.8. The lowest BCUT2D eigenvalue weighted by Crippen LogP contribution is -2.16. The van der Waals surface area contributed by atoms with Crippen LogP contribution in [0.4, 0.5) is 4.39 Å². The van der Waals surface area contributed by atoms with E-state index in [2.05, 4.69) is 17.5 Å². The van der Waals surface area contributed by atoms with Gasteiger partial charge in [-0.1, -0.05) is 25.5 Å². The Bertz CT molecular complexity index is 721. The second-order valence-electron chi connectivity index (χ2n) is 5.83. The fourth-order valence-corrected chi connectivity index (χ4v) is 3.93. The molecule has 1 atom stereocenters. The number of rotatable bonds is 4. The molecular formula is C18H19FN2OS. The molecule has 0 saturated heterocycles. The third kappa shape index (κ3) is 3.85. The molecule has 3 nitrogen and oxygen atoms in total. The van der Waals surface area contributed by atoms with Gasteiger partial charge in [0.1, 0.15) is 5.82 Å². The van der Waals surface area contributed by atoms with Gasteiger partial charge < -0.3 is 0 Å². The van der Waals surface area contributed by atoms with Crippen molar-refractivity contribution < 1.29 is 9.18 Å². The highest BCUT2D eigenvalue weighted by Crippen LogP contribution is 2.33. The van der Waals surface area contributed by atoms with Gasteiger partial charge >= 0.3 is 0 Å². The van der Waals surface area contributed by atoms with Crippen molar-refractivity contribution in [3.8, 4) is 0 Å². The number of amides is 1. The van der Waals surface area contributed by atoms with E-state index < -0.39 is 0 Å². The molecule has 1 heterocycles. The second-order valence-corrected chi connectivity index (χ2v) is 6.96. The average Bonchev–Trinajstić information content (AvgIpc) is 2.99. The minimum Gasteiger partial charge on any atom is -0.266 e. The number of hydrogen-bond acceptors (Lipinski definition) is 3. The van der Waals surface area contributed by atoms with Crippen molar-refractivity contribution in [2.24, 2.45) is 11.0 Å². The maximum absolute atomic E-state index is 12.8. The third-order valence-corrected chi connectivity index (χ3v) is 5.47. The molecule has 120 valence electrons. The maximum Gasteiger partial charge on any atom is 0.281 e. The van der Waals surface area contributed by atoms with Crippen LogP contribution in [-0.2, 0) is 12.8 Å². The van der Waals surface area contributed by atoms with Crippen molar-refractivity contribution in [3.05, 3.63) is 57.0 Å². The van der Waals surface area contributed by atoms with Crippen LogP contribution in [0.15, 0.2) is 35.4 Å². The number of hydrazone groups is 1. The summed E-state index contributed by atoms with van der Waals surface area (Å²) >= 11 is 1.57. The van der Waals surface area contributed by atoms with E-state index in [1.165, 1.54) is 41.6 Å². The van der Waals surface area contributed by atoms with Crippen molar-refractivity contribution in [2.75, 3.05) is 0 Å². The van der Waals surface area contributed by atoms with Gasteiger partial charge in [-0.05, 0) is 54.5 Å². The topological polar surface area (TPSA) is 41.5 Å². The highest BCUT2D eigenvalue weighted by atomic mass is 32.1. The van der Waals surface area contributed by atoms with Crippen LogP contribution in [0.25, 0.3) is 0 Å². The molecule has 1 aliphatic carbocycles. The van der Waals surface area contributed by atoms with Gasteiger partial charge in [-0.15, -0.1) is 11.3 Å². The smallest absolute Gasteiger partial charge is 0.266 e. The van der Waals surface area contributed by atoms with Gasteiger partial charge in [0.15, 0.2) is 0 Å². The van der Waals surface area contributed by atoms with Crippen LogP contribution in [-0.4, -0.2) is 12.1 Å². The zero-order valence-corrected chi connectivity index (χ0v) is 13.8. The van der Waals surface area contributed by atoms with Gasteiger partial charge in [-0.3, -0.25) is 4.79 Å². The number of hydrogen-bond donors (Lipinski definition) is 1. The molecule has 1 aliphatic rings. The predicted molar refractivity (Wildman–Crippen MR) is 91.6 cm³/mol. The summed E-state index contributed by atoms with van der Waals surface area (Å²) in [6.07, 6.45) is 6.07. The number of carbonyl (C=O) groups excluding carboxylic acids is 1. The van der Waals surface area contributed by atoms with Gasteiger partial charge in [0.25, 0.3) is 5.91 Å². The van der Waals surface area contributed by atoms with E-state index in [0.29, 0.717) is 4.88 Å². The van der Waals surface area contributed by atoms with Crippen molar-refractivity contribution >= 4 is 23.5 Å². The van der Waals surface area contributed by atoms with Gasteiger partial charge in [0, 0.05) is 4.88 Å². The molecule has 1 aromatic heterocycles. The van der Waals surface area contributed by atoms with Gasteiger partial charge in [0.05, 0.1) is 11.1 Å². The highest BCUT2D eigenvalue weighted by molar-refractivity contribution is 7.14. The van der Waals surface area contributed by atoms with Crippen LogP contribution >= 0.6 is 11.3 Å². The van der Waals surface area contributed by atoms with E-state index >= 15 is 0 Å². The summed E-state index contributed by atoms with van der Waals surface area (Å²) in [7, 11) is 0. The minimum absolute atomic E-state index is 0.184. The van der Waals surface area contributed by atoms with Crippen LogP contribution in [0.5, 0.6) is 0 Å². The van der Waals surface area contributed by atoms with E-state index in [1.807, 2.05) is 6.07 Å². The number of benzene rings is 1. The number of fused-ring (bicyclic) bond motifs is 1. The molecule has 1 amide bonds. The van der Waals surface area contributed by atoms with E-state index in [0.717, 1.165) is 24.3 Å². The lowest BCUT2D eigenvalue weighted by molar-refractivity contribution is 0.0959. The Morgan fingerprint density at radius 3 is 2.96 bits per heavy atom. The summed E-state index contributed by atoms with van der Waals surface area (Å²) in [5.74, 6) is 0.265. The van der Waals surface area contributed by atoms with E-state index in [9.17, 15) is 9.18 Å². The second kappa shape index (κ2) is 7.04. The number of carbonyl (C=O) groups is 1. The summed E-state index contributed by atoms with van der Waals surface area (Å²) in [6.45, 7) is 2.22. The molecule has 5 heteroatoms. The Labute approximate surface area is 139 Å². The van der Waals surface area contributed by atoms with E-state index in [4.69, 9.17) is 0 Å². The van der Waals surface area contributed by atoms with Crippen molar-refractivity contribution in [2.45, 2.75) is 32.6 Å². The van der Waals surface area contributed by atoms with Gasteiger partial charge in [-0.2, -0.15) is 5.10 Å². The molecule has 3 rings (SSSR count). The van der Waals surface area contributed by atoms with Crippen LogP contribution < -0.4 is 5.43 Å². The molecule has 23 heavy (non-hydrogen) atoms. The normalized spacial score (nSPS) is 17.2. The fourth-order valence-electron chi connectivity index (χ4n) is 2.83. The van der Waals surface area contributed by atoms with E-state index in [-0.39, 0.29) is 11.7 Å². The Morgan fingerprint density at radius 1 is 1.43 bits per heavy atom. The van der Waals surface area contributed by atoms with E-state index in [1.54, 1.807) is 23.5 Å². The Kier molecular flexibility index (Phi) is 4.86. The number of thiophene rings is 1. The lowest BCUT2D eigenvalue weighted by Gasteiger charge is -2.19. The van der Waals surface area contributed by atoms with Gasteiger partial charge in [-0.25, -0.2) is 9.82 Å². The summed E-state index contributed by atoms with van der Waals surface area (Å²) in [5.41, 5.74) is 4.60. The van der Waals surface area contributed by atoms with Gasteiger partial charge in [0.2, 0.25) is 0 Å². The van der Waals surface area contributed by atoms with Crippen molar-refractivity contribution in [1.29, 1.82) is 0 Å². The third-order valence-electron chi connectivity index (χ3n) is 4.24. The molecule has 1 aromatic carbocycles.